The van der Waals surface area contributed by atoms with Crippen molar-refractivity contribution >= 4 is 51.4 Å². The summed E-state index contributed by atoms with van der Waals surface area (Å²) in [6, 6.07) is 16.1. The van der Waals surface area contributed by atoms with E-state index in [4.69, 9.17) is 0 Å². The van der Waals surface area contributed by atoms with Crippen LogP contribution in [-0.2, 0) is 0 Å². The maximum atomic E-state index is 12.4. The van der Waals surface area contributed by atoms with E-state index in [0.717, 1.165) is 57.1 Å². The van der Waals surface area contributed by atoms with Crippen LogP contribution in [0.2, 0.25) is 0 Å². The van der Waals surface area contributed by atoms with Crippen LogP contribution >= 0.6 is 23.9 Å². The van der Waals surface area contributed by atoms with E-state index in [-0.39, 0.29) is 18.3 Å². The van der Waals surface area contributed by atoms with E-state index in [1.54, 1.807) is 11.5 Å². The number of anilines is 2. The molecule has 0 aliphatic carbocycles. The molecule has 6 nitrogen and oxygen atoms in total. The molecule has 0 radical (unpaired) electrons. The third-order valence-corrected chi connectivity index (χ3v) is 6.47. The molecule has 0 bridgehead atoms. The number of para-hydroxylation sites is 1. The van der Waals surface area contributed by atoms with E-state index in [1.165, 1.54) is 10.1 Å². The lowest BCUT2D eigenvalue weighted by Crippen LogP contribution is -2.46. The molecule has 0 unspecified atom stereocenters. The van der Waals surface area contributed by atoms with Crippen LogP contribution in [0, 0.1) is 0 Å². The summed E-state index contributed by atoms with van der Waals surface area (Å²) >= 11 is 1.59. The second-order valence-electron chi connectivity index (χ2n) is 7.59. The highest BCUT2D eigenvalue weighted by molar-refractivity contribution is 7.13. The van der Waals surface area contributed by atoms with E-state index >= 15 is 0 Å². The highest BCUT2D eigenvalue weighted by Crippen LogP contribution is 2.29. The van der Waals surface area contributed by atoms with Crippen molar-refractivity contribution < 1.29 is 4.79 Å². The number of unbranched alkanes of at least 4 members (excludes halogenated alkanes) is 1. The van der Waals surface area contributed by atoms with Crippen LogP contribution in [0.15, 0.2) is 48.5 Å². The van der Waals surface area contributed by atoms with Gasteiger partial charge in [0.1, 0.15) is 5.82 Å². The lowest BCUT2D eigenvalue weighted by molar-refractivity contribution is 0.0953. The van der Waals surface area contributed by atoms with Crippen molar-refractivity contribution in [3.8, 4) is 0 Å². The van der Waals surface area contributed by atoms with E-state index in [1.807, 2.05) is 31.3 Å². The zero-order chi connectivity index (χ0) is 20.8. The number of carbonyl (C=O) groups is 1. The number of amides is 1. The predicted octanol–water partition coefficient (Wildman–Crippen LogP) is 4.09. The minimum absolute atomic E-state index is 0. The van der Waals surface area contributed by atoms with Gasteiger partial charge in [-0.25, -0.2) is 0 Å². The molecule has 31 heavy (non-hydrogen) atoms. The fourth-order valence-electron chi connectivity index (χ4n) is 3.94. The third kappa shape index (κ3) is 5.67. The third-order valence-electron chi connectivity index (χ3n) is 5.66. The summed E-state index contributed by atoms with van der Waals surface area (Å²) in [7, 11) is 1.84. The first-order valence-electron chi connectivity index (χ1n) is 10.6. The molecule has 0 saturated carbocycles. The van der Waals surface area contributed by atoms with E-state index < -0.39 is 0 Å². The average Bonchev–Trinajstić information content (AvgIpc) is 3.23. The quantitative estimate of drug-likeness (QED) is 0.497. The van der Waals surface area contributed by atoms with Crippen molar-refractivity contribution in [2.75, 3.05) is 56.5 Å². The molecule has 1 aliphatic rings. The van der Waals surface area contributed by atoms with Crippen LogP contribution < -0.4 is 15.5 Å². The molecule has 1 amide bonds. The Bertz CT molecular complexity index is 987. The van der Waals surface area contributed by atoms with Gasteiger partial charge in [-0.2, -0.15) is 4.37 Å². The number of benzene rings is 2. The minimum Gasteiger partial charge on any atom is -0.387 e. The first kappa shape index (κ1) is 23.3. The molecule has 2 N–H and O–H groups in total. The lowest BCUT2D eigenvalue weighted by Gasteiger charge is -2.35. The molecule has 1 aliphatic heterocycles. The number of hydrogen-bond acceptors (Lipinski definition) is 6. The van der Waals surface area contributed by atoms with Gasteiger partial charge in [0, 0.05) is 50.8 Å². The highest BCUT2D eigenvalue weighted by atomic mass is 35.5. The number of hydrogen-bond donors (Lipinski definition) is 2. The SMILES string of the molecule is CNc1ccccc1C(=O)NCCCCN1CCN(c2nsc3ccccc23)CC1.Cl. The Morgan fingerprint density at radius 2 is 1.77 bits per heavy atom. The molecule has 4 rings (SSSR count). The maximum Gasteiger partial charge on any atom is 0.253 e. The van der Waals surface area contributed by atoms with Gasteiger partial charge in [0.2, 0.25) is 0 Å². The Morgan fingerprint density at radius 1 is 1.03 bits per heavy atom. The summed E-state index contributed by atoms with van der Waals surface area (Å²) in [5.74, 6) is 1.13. The van der Waals surface area contributed by atoms with Gasteiger partial charge in [-0.05, 0) is 55.2 Å². The maximum absolute atomic E-state index is 12.4. The normalized spacial score (nSPS) is 14.3. The summed E-state index contributed by atoms with van der Waals surface area (Å²) in [5.41, 5.74) is 1.56. The Morgan fingerprint density at radius 3 is 2.58 bits per heavy atom. The van der Waals surface area contributed by atoms with Gasteiger partial charge >= 0.3 is 0 Å². The van der Waals surface area contributed by atoms with Crippen molar-refractivity contribution in [2.45, 2.75) is 12.8 Å². The molecule has 166 valence electrons. The molecule has 1 saturated heterocycles. The minimum atomic E-state index is -0.0101. The van der Waals surface area contributed by atoms with Crippen LogP contribution in [0.25, 0.3) is 10.1 Å². The number of nitrogens with zero attached hydrogens (tertiary/aromatic N) is 3. The number of fused-ring (bicyclic) bond motifs is 1. The predicted molar refractivity (Wildman–Crippen MR) is 133 cm³/mol. The molecule has 1 aromatic heterocycles. The first-order chi connectivity index (χ1) is 14.8. The van der Waals surface area contributed by atoms with E-state index in [0.29, 0.717) is 12.1 Å². The topological polar surface area (TPSA) is 60.5 Å². The molecule has 0 spiro atoms. The van der Waals surface area contributed by atoms with Gasteiger partial charge in [0.25, 0.3) is 5.91 Å². The summed E-state index contributed by atoms with van der Waals surface area (Å²) in [4.78, 5) is 17.3. The van der Waals surface area contributed by atoms with Gasteiger partial charge in [-0.15, -0.1) is 12.4 Å². The van der Waals surface area contributed by atoms with Crippen molar-refractivity contribution in [3.63, 3.8) is 0 Å². The Balaban J connectivity index is 0.00000272. The molecule has 1 fully saturated rings. The summed E-state index contributed by atoms with van der Waals surface area (Å²) in [5, 5.41) is 7.38. The van der Waals surface area contributed by atoms with E-state index in [9.17, 15) is 4.79 Å². The second kappa shape index (κ2) is 11.3. The molecule has 2 heterocycles. The summed E-state index contributed by atoms with van der Waals surface area (Å²) in [6.07, 6.45) is 2.08. The van der Waals surface area contributed by atoms with Crippen LogP contribution in [-0.4, -0.2) is 61.5 Å². The van der Waals surface area contributed by atoms with Crippen molar-refractivity contribution in [3.05, 3.63) is 54.1 Å². The Labute approximate surface area is 194 Å². The first-order valence-corrected chi connectivity index (χ1v) is 11.4. The number of aromatic nitrogens is 1. The van der Waals surface area contributed by atoms with Gasteiger partial charge in [-0.1, -0.05) is 24.3 Å². The summed E-state index contributed by atoms with van der Waals surface area (Å²) in [6.45, 7) is 5.95. The monoisotopic (exact) mass is 459 g/mol. The number of piperazine rings is 1. The molecule has 3 aromatic rings. The van der Waals surface area contributed by atoms with Crippen LogP contribution in [0.5, 0.6) is 0 Å². The number of rotatable bonds is 8. The van der Waals surface area contributed by atoms with Crippen molar-refractivity contribution in [1.29, 1.82) is 0 Å². The fraction of sp³-hybridized carbons (Fsp3) is 0.391. The van der Waals surface area contributed by atoms with Gasteiger partial charge in [-0.3, -0.25) is 9.69 Å². The zero-order valence-electron chi connectivity index (χ0n) is 17.8. The largest absolute Gasteiger partial charge is 0.387 e. The Hall–Kier alpha value is -2.35. The fourth-order valence-corrected chi connectivity index (χ4v) is 4.74. The van der Waals surface area contributed by atoms with Crippen molar-refractivity contribution in [1.82, 2.24) is 14.6 Å². The van der Waals surface area contributed by atoms with Crippen molar-refractivity contribution in [2.24, 2.45) is 0 Å². The van der Waals surface area contributed by atoms with E-state index in [2.05, 4.69) is 49.1 Å². The van der Waals surface area contributed by atoms with Gasteiger partial charge in [0.05, 0.1) is 10.3 Å². The molecular formula is C23H30ClN5OS. The van der Waals surface area contributed by atoms with Crippen LogP contribution in [0.3, 0.4) is 0 Å². The van der Waals surface area contributed by atoms with Gasteiger partial charge in [0.15, 0.2) is 0 Å². The summed E-state index contributed by atoms with van der Waals surface area (Å²) < 4.78 is 5.95. The molecule has 2 aromatic carbocycles. The standard InChI is InChI=1S/C23H29N5OS.ClH/c1-24-20-10-4-2-8-18(20)23(29)25-12-6-7-13-27-14-16-28(17-15-27)22-19-9-3-5-11-21(19)30-26-22;/h2-5,8-11,24H,6-7,12-17H2,1H3,(H,25,29);1H. The average molecular weight is 460 g/mol. The zero-order valence-corrected chi connectivity index (χ0v) is 19.5. The smallest absolute Gasteiger partial charge is 0.253 e. The number of carbonyl (C=O) groups excluding carboxylic acids is 1. The highest BCUT2D eigenvalue weighted by Gasteiger charge is 2.20. The second-order valence-corrected chi connectivity index (χ2v) is 8.39. The Kier molecular flexibility index (Phi) is 8.51. The molecular weight excluding hydrogens is 430 g/mol. The number of halogens is 1. The molecule has 8 heteroatoms. The van der Waals surface area contributed by atoms with Crippen LogP contribution in [0.4, 0.5) is 11.5 Å². The van der Waals surface area contributed by atoms with Gasteiger partial charge < -0.3 is 15.5 Å². The van der Waals surface area contributed by atoms with Crippen LogP contribution in [0.1, 0.15) is 23.2 Å². The molecule has 0 atom stereocenters. The number of nitrogens with one attached hydrogen (secondary N) is 2. The lowest BCUT2D eigenvalue weighted by atomic mass is 10.1.